The van der Waals surface area contributed by atoms with Gasteiger partial charge in [0.05, 0.1) is 0 Å². The minimum atomic E-state index is -0.257. The minimum absolute atomic E-state index is 0.168. The second-order valence-corrected chi connectivity index (χ2v) is 3.54. The minimum Gasteiger partial charge on any atom is -0.347 e. The van der Waals surface area contributed by atoms with Crippen LogP contribution in [0, 0.1) is 0 Å². The van der Waals surface area contributed by atoms with Crippen molar-refractivity contribution < 1.29 is 4.79 Å². The summed E-state index contributed by atoms with van der Waals surface area (Å²) in [7, 11) is 0. The maximum Gasteiger partial charge on any atom is 0.268 e. The molecule has 4 heteroatoms. The molecule has 0 aromatic carbocycles. The van der Waals surface area contributed by atoms with Gasteiger partial charge in [0.1, 0.15) is 5.69 Å². The van der Waals surface area contributed by atoms with Crippen LogP contribution in [0.3, 0.4) is 0 Å². The van der Waals surface area contributed by atoms with Crippen molar-refractivity contribution in [2.75, 3.05) is 0 Å². The monoisotopic (exact) mass is 204 g/mol. The van der Waals surface area contributed by atoms with E-state index in [0.717, 1.165) is 12.8 Å². The smallest absolute Gasteiger partial charge is 0.268 e. The van der Waals surface area contributed by atoms with Crippen LogP contribution in [0.2, 0.25) is 0 Å². The Balaban J connectivity index is 2.04. The van der Waals surface area contributed by atoms with E-state index >= 15 is 0 Å². The van der Waals surface area contributed by atoms with Crippen molar-refractivity contribution in [2.24, 2.45) is 0 Å². The SMILES string of the molecule is O=C(NC1CC=CC1)c1cccc(=O)[nH]1. The maximum atomic E-state index is 11.6. The number of aromatic nitrogens is 1. The standard InChI is InChI=1S/C11H12N2O2/c14-10-7-3-6-9(13-10)11(15)12-8-4-1-2-5-8/h1-3,6-8H,4-5H2,(H,12,15)(H,13,14). The molecule has 0 aliphatic heterocycles. The lowest BCUT2D eigenvalue weighted by Crippen LogP contribution is -2.34. The van der Waals surface area contributed by atoms with E-state index in [1.54, 1.807) is 12.1 Å². The summed E-state index contributed by atoms with van der Waals surface area (Å²) in [5.74, 6) is -0.221. The number of nitrogens with one attached hydrogen (secondary N) is 2. The van der Waals surface area contributed by atoms with Crippen LogP contribution in [0.5, 0.6) is 0 Å². The van der Waals surface area contributed by atoms with E-state index in [-0.39, 0.29) is 17.5 Å². The van der Waals surface area contributed by atoms with E-state index < -0.39 is 0 Å². The Morgan fingerprint density at radius 1 is 1.33 bits per heavy atom. The molecule has 0 fully saturated rings. The Morgan fingerprint density at radius 2 is 2.07 bits per heavy atom. The van der Waals surface area contributed by atoms with Gasteiger partial charge in [-0.3, -0.25) is 9.59 Å². The van der Waals surface area contributed by atoms with Crippen LogP contribution in [0.4, 0.5) is 0 Å². The van der Waals surface area contributed by atoms with Crippen LogP contribution >= 0.6 is 0 Å². The van der Waals surface area contributed by atoms with Gasteiger partial charge in [-0.1, -0.05) is 18.2 Å². The third-order valence-corrected chi connectivity index (χ3v) is 2.36. The average Bonchev–Trinajstić information content (AvgIpc) is 2.70. The first-order valence-electron chi connectivity index (χ1n) is 4.91. The fraction of sp³-hybridized carbons (Fsp3) is 0.273. The molecule has 1 aliphatic carbocycles. The van der Waals surface area contributed by atoms with Crippen molar-refractivity contribution in [3.05, 3.63) is 46.4 Å². The number of hydrogen-bond donors (Lipinski definition) is 2. The van der Waals surface area contributed by atoms with Gasteiger partial charge >= 0.3 is 0 Å². The third kappa shape index (κ3) is 2.34. The molecule has 0 saturated carbocycles. The summed E-state index contributed by atoms with van der Waals surface area (Å²) < 4.78 is 0. The summed E-state index contributed by atoms with van der Waals surface area (Å²) in [6, 6.07) is 4.72. The molecule has 78 valence electrons. The summed E-state index contributed by atoms with van der Waals surface area (Å²) in [6.07, 6.45) is 5.81. The molecule has 1 aromatic heterocycles. The summed E-state index contributed by atoms with van der Waals surface area (Å²) in [5, 5.41) is 2.85. The predicted molar refractivity (Wildman–Crippen MR) is 56.7 cm³/mol. The van der Waals surface area contributed by atoms with Gasteiger partial charge in [0, 0.05) is 12.1 Å². The lowest BCUT2D eigenvalue weighted by atomic mass is 10.2. The molecule has 0 radical (unpaired) electrons. The van der Waals surface area contributed by atoms with Crippen molar-refractivity contribution in [2.45, 2.75) is 18.9 Å². The number of amides is 1. The molecule has 0 saturated heterocycles. The maximum absolute atomic E-state index is 11.6. The van der Waals surface area contributed by atoms with Gasteiger partial charge in [0.25, 0.3) is 5.91 Å². The highest BCUT2D eigenvalue weighted by Crippen LogP contribution is 2.09. The quantitative estimate of drug-likeness (QED) is 0.701. The second kappa shape index (κ2) is 4.13. The first-order valence-corrected chi connectivity index (χ1v) is 4.91. The van der Waals surface area contributed by atoms with Crippen molar-refractivity contribution in [1.29, 1.82) is 0 Å². The van der Waals surface area contributed by atoms with Gasteiger partial charge in [-0.25, -0.2) is 0 Å². The summed E-state index contributed by atoms with van der Waals surface area (Å²) in [5.41, 5.74) is 0.0570. The summed E-state index contributed by atoms with van der Waals surface area (Å²) in [4.78, 5) is 25.1. The topological polar surface area (TPSA) is 62.0 Å². The predicted octanol–water partition coefficient (Wildman–Crippen LogP) is 0.823. The van der Waals surface area contributed by atoms with Crippen molar-refractivity contribution in [3.8, 4) is 0 Å². The first-order chi connectivity index (χ1) is 7.25. The fourth-order valence-corrected chi connectivity index (χ4v) is 1.58. The number of carbonyl (C=O) groups excluding carboxylic acids is 1. The van der Waals surface area contributed by atoms with Gasteiger partial charge in [0.15, 0.2) is 0 Å². The number of pyridine rings is 1. The van der Waals surface area contributed by atoms with E-state index in [9.17, 15) is 9.59 Å². The van der Waals surface area contributed by atoms with Crippen LogP contribution in [0.25, 0.3) is 0 Å². The lowest BCUT2D eigenvalue weighted by Gasteiger charge is -2.11. The van der Waals surface area contributed by atoms with E-state index in [1.807, 2.05) is 12.2 Å². The van der Waals surface area contributed by atoms with Crippen LogP contribution in [-0.4, -0.2) is 16.9 Å². The molecular formula is C11H12N2O2. The Labute approximate surface area is 87.0 Å². The van der Waals surface area contributed by atoms with E-state index in [1.165, 1.54) is 6.07 Å². The summed E-state index contributed by atoms with van der Waals surface area (Å²) >= 11 is 0. The Hall–Kier alpha value is -1.84. The molecule has 15 heavy (non-hydrogen) atoms. The normalized spacial score (nSPS) is 15.5. The van der Waals surface area contributed by atoms with Gasteiger partial charge in [-0.2, -0.15) is 0 Å². The Morgan fingerprint density at radius 3 is 2.73 bits per heavy atom. The number of rotatable bonds is 2. The van der Waals surface area contributed by atoms with Crippen molar-refractivity contribution in [1.82, 2.24) is 10.3 Å². The first kappa shape index (κ1) is 9.71. The zero-order valence-electron chi connectivity index (χ0n) is 8.19. The molecule has 1 heterocycles. The molecule has 1 amide bonds. The molecule has 1 aromatic rings. The Kier molecular flexibility index (Phi) is 2.67. The molecule has 2 N–H and O–H groups in total. The highest BCUT2D eigenvalue weighted by molar-refractivity contribution is 5.92. The largest absolute Gasteiger partial charge is 0.347 e. The van der Waals surface area contributed by atoms with E-state index in [0.29, 0.717) is 5.69 Å². The fourth-order valence-electron chi connectivity index (χ4n) is 1.58. The number of hydrogen-bond acceptors (Lipinski definition) is 2. The number of H-pyrrole nitrogens is 1. The van der Waals surface area contributed by atoms with Crippen molar-refractivity contribution in [3.63, 3.8) is 0 Å². The molecule has 0 spiro atoms. The molecule has 2 rings (SSSR count). The zero-order chi connectivity index (χ0) is 10.7. The lowest BCUT2D eigenvalue weighted by molar-refractivity contribution is 0.0933. The van der Waals surface area contributed by atoms with Gasteiger partial charge in [-0.15, -0.1) is 0 Å². The van der Waals surface area contributed by atoms with E-state index in [2.05, 4.69) is 10.3 Å². The average molecular weight is 204 g/mol. The highest BCUT2D eigenvalue weighted by Gasteiger charge is 2.14. The third-order valence-electron chi connectivity index (χ3n) is 2.36. The highest BCUT2D eigenvalue weighted by atomic mass is 16.2. The zero-order valence-corrected chi connectivity index (χ0v) is 8.19. The van der Waals surface area contributed by atoms with E-state index in [4.69, 9.17) is 0 Å². The second-order valence-electron chi connectivity index (χ2n) is 3.54. The van der Waals surface area contributed by atoms with Gasteiger partial charge in [-0.05, 0) is 18.9 Å². The number of carbonyl (C=O) groups is 1. The van der Waals surface area contributed by atoms with Gasteiger partial charge < -0.3 is 10.3 Å². The van der Waals surface area contributed by atoms with Crippen LogP contribution in [0.15, 0.2) is 35.1 Å². The molecule has 4 nitrogen and oxygen atoms in total. The molecule has 1 aliphatic rings. The van der Waals surface area contributed by atoms with Crippen LogP contribution < -0.4 is 10.9 Å². The molecule has 0 bridgehead atoms. The molecule has 0 unspecified atom stereocenters. The molecular weight excluding hydrogens is 192 g/mol. The van der Waals surface area contributed by atoms with Crippen LogP contribution in [-0.2, 0) is 0 Å². The Bertz CT molecular complexity index is 440. The van der Waals surface area contributed by atoms with Gasteiger partial charge in [0.2, 0.25) is 5.56 Å². The number of aromatic amines is 1. The molecule has 0 atom stereocenters. The van der Waals surface area contributed by atoms with Crippen molar-refractivity contribution >= 4 is 5.91 Å². The summed E-state index contributed by atoms with van der Waals surface area (Å²) in [6.45, 7) is 0. The van der Waals surface area contributed by atoms with Crippen LogP contribution in [0.1, 0.15) is 23.3 Å².